The number of rotatable bonds is 6. The molecular formula is C19H26N8. The van der Waals surface area contributed by atoms with Gasteiger partial charge in [-0.3, -0.25) is 9.58 Å². The lowest BCUT2D eigenvalue weighted by molar-refractivity contribution is 0.194. The first-order chi connectivity index (χ1) is 13.2. The summed E-state index contributed by atoms with van der Waals surface area (Å²) in [4.78, 5) is 11.3. The van der Waals surface area contributed by atoms with Gasteiger partial charge in [0.15, 0.2) is 5.82 Å². The fourth-order valence-corrected chi connectivity index (χ4v) is 3.72. The van der Waals surface area contributed by atoms with E-state index >= 15 is 0 Å². The average molecular weight is 366 g/mol. The summed E-state index contributed by atoms with van der Waals surface area (Å²) in [7, 11) is 2.06. The monoisotopic (exact) mass is 366 g/mol. The van der Waals surface area contributed by atoms with Crippen molar-refractivity contribution < 1.29 is 0 Å². The maximum absolute atomic E-state index is 4.50. The predicted octanol–water partition coefficient (Wildman–Crippen LogP) is 1.79. The topological polar surface area (TPSA) is 77.5 Å². The molecule has 1 fully saturated rings. The molecule has 1 saturated heterocycles. The molecule has 0 spiro atoms. The average Bonchev–Trinajstić information content (AvgIpc) is 3.33. The maximum Gasteiger partial charge on any atom is 0.154 e. The van der Waals surface area contributed by atoms with E-state index in [2.05, 4.69) is 48.7 Å². The van der Waals surface area contributed by atoms with Crippen LogP contribution in [0, 0.1) is 0 Å². The minimum Gasteiger partial charge on any atom is -0.316 e. The third-order valence-electron chi connectivity index (χ3n) is 5.21. The molecule has 8 nitrogen and oxygen atoms in total. The van der Waals surface area contributed by atoms with E-state index in [0.29, 0.717) is 12.5 Å². The molecule has 0 aromatic carbocycles. The van der Waals surface area contributed by atoms with Crippen LogP contribution in [0.25, 0.3) is 0 Å². The minimum absolute atomic E-state index is 0.401. The Morgan fingerprint density at radius 2 is 2.00 bits per heavy atom. The van der Waals surface area contributed by atoms with Crippen LogP contribution < -0.4 is 0 Å². The summed E-state index contributed by atoms with van der Waals surface area (Å²) in [6, 6.07) is 1.92. The summed E-state index contributed by atoms with van der Waals surface area (Å²) in [5, 5.41) is 13.2. The molecule has 1 atom stereocenters. The Labute approximate surface area is 159 Å². The molecule has 1 aliphatic rings. The SMILES string of the molecule is CCc1ncc(CN2CCC[C@H](c3nnc(Cn4cccn4)n3C)C2)cn1. The van der Waals surface area contributed by atoms with Crippen molar-refractivity contribution in [2.45, 2.75) is 45.2 Å². The molecule has 0 bridgehead atoms. The van der Waals surface area contributed by atoms with Crippen LogP contribution in [-0.2, 0) is 26.6 Å². The standard InChI is InChI=1S/C19H26N8/c1-3-17-20-10-15(11-21-17)12-26-8-4-6-16(13-26)19-24-23-18(25(19)2)14-27-9-5-7-22-27/h5,7,9-11,16H,3-4,6,8,12-14H2,1-2H3/t16-/m0/s1. The van der Waals surface area contributed by atoms with Gasteiger partial charge in [0, 0.05) is 62.8 Å². The zero-order chi connectivity index (χ0) is 18.6. The fourth-order valence-electron chi connectivity index (χ4n) is 3.72. The van der Waals surface area contributed by atoms with Crippen molar-refractivity contribution in [1.29, 1.82) is 0 Å². The summed E-state index contributed by atoms with van der Waals surface area (Å²) >= 11 is 0. The van der Waals surface area contributed by atoms with Crippen LogP contribution in [0.4, 0.5) is 0 Å². The van der Waals surface area contributed by atoms with Gasteiger partial charge in [0.2, 0.25) is 0 Å². The number of likely N-dealkylation sites (tertiary alicyclic amines) is 1. The third kappa shape index (κ3) is 4.05. The van der Waals surface area contributed by atoms with Crippen molar-refractivity contribution in [3.05, 3.63) is 53.9 Å². The molecule has 0 aliphatic carbocycles. The second kappa shape index (κ2) is 7.96. The normalized spacial score (nSPS) is 18.1. The molecule has 4 heterocycles. The fraction of sp³-hybridized carbons (Fsp3) is 0.526. The van der Waals surface area contributed by atoms with Crippen molar-refractivity contribution in [3.63, 3.8) is 0 Å². The molecule has 0 radical (unpaired) electrons. The van der Waals surface area contributed by atoms with Crippen LogP contribution >= 0.6 is 0 Å². The van der Waals surface area contributed by atoms with Gasteiger partial charge in [-0.2, -0.15) is 5.10 Å². The van der Waals surface area contributed by atoms with Gasteiger partial charge >= 0.3 is 0 Å². The maximum atomic E-state index is 4.50. The van der Waals surface area contributed by atoms with Gasteiger partial charge in [-0.25, -0.2) is 9.97 Å². The summed E-state index contributed by atoms with van der Waals surface area (Å²) < 4.78 is 4.01. The lowest BCUT2D eigenvalue weighted by Gasteiger charge is -2.32. The summed E-state index contributed by atoms with van der Waals surface area (Å²) in [5.74, 6) is 3.31. The summed E-state index contributed by atoms with van der Waals surface area (Å²) in [6.45, 7) is 5.70. The van der Waals surface area contributed by atoms with Crippen LogP contribution in [-0.4, -0.2) is 52.5 Å². The molecule has 27 heavy (non-hydrogen) atoms. The van der Waals surface area contributed by atoms with E-state index in [9.17, 15) is 0 Å². The van der Waals surface area contributed by atoms with E-state index in [1.807, 2.05) is 29.3 Å². The van der Waals surface area contributed by atoms with Crippen LogP contribution in [0.2, 0.25) is 0 Å². The Kier molecular flexibility index (Phi) is 5.24. The number of hydrogen-bond acceptors (Lipinski definition) is 6. The highest BCUT2D eigenvalue weighted by atomic mass is 15.3. The van der Waals surface area contributed by atoms with E-state index in [1.54, 1.807) is 6.20 Å². The smallest absolute Gasteiger partial charge is 0.154 e. The molecule has 8 heteroatoms. The van der Waals surface area contributed by atoms with Crippen molar-refractivity contribution in [1.82, 2.24) is 39.4 Å². The molecule has 0 amide bonds. The highest BCUT2D eigenvalue weighted by Gasteiger charge is 2.26. The molecule has 0 saturated carbocycles. The predicted molar refractivity (Wildman–Crippen MR) is 101 cm³/mol. The Morgan fingerprint density at radius 1 is 1.15 bits per heavy atom. The van der Waals surface area contributed by atoms with Crippen molar-refractivity contribution in [2.24, 2.45) is 7.05 Å². The number of nitrogens with zero attached hydrogens (tertiary/aromatic N) is 8. The molecular weight excluding hydrogens is 340 g/mol. The molecule has 142 valence electrons. The summed E-state index contributed by atoms with van der Waals surface area (Å²) in [6.07, 6.45) is 10.8. The number of hydrogen-bond donors (Lipinski definition) is 0. The quantitative estimate of drug-likeness (QED) is 0.662. The molecule has 0 unspecified atom stereocenters. The minimum atomic E-state index is 0.401. The van der Waals surface area contributed by atoms with Gasteiger partial charge in [-0.1, -0.05) is 6.92 Å². The van der Waals surface area contributed by atoms with Gasteiger partial charge in [-0.15, -0.1) is 10.2 Å². The molecule has 3 aromatic heterocycles. The van der Waals surface area contributed by atoms with Gasteiger partial charge in [0.05, 0.1) is 0 Å². The van der Waals surface area contributed by atoms with Crippen LogP contribution in [0.15, 0.2) is 30.9 Å². The first-order valence-electron chi connectivity index (χ1n) is 9.60. The number of aromatic nitrogens is 7. The Morgan fingerprint density at radius 3 is 2.74 bits per heavy atom. The zero-order valence-electron chi connectivity index (χ0n) is 16.0. The lowest BCUT2D eigenvalue weighted by atomic mass is 9.97. The molecule has 1 aliphatic heterocycles. The van der Waals surface area contributed by atoms with E-state index in [0.717, 1.165) is 49.9 Å². The van der Waals surface area contributed by atoms with Crippen molar-refractivity contribution in [2.75, 3.05) is 13.1 Å². The van der Waals surface area contributed by atoms with Crippen LogP contribution in [0.1, 0.15) is 48.7 Å². The Bertz CT molecular complexity index is 852. The number of piperidine rings is 1. The van der Waals surface area contributed by atoms with Crippen molar-refractivity contribution in [3.8, 4) is 0 Å². The zero-order valence-corrected chi connectivity index (χ0v) is 16.0. The number of aryl methyl sites for hydroxylation is 1. The Balaban J connectivity index is 1.42. The van der Waals surface area contributed by atoms with Gasteiger partial charge < -0.3 is 4.57 Å². The molecule has 0 N–H and O–H groups in total. The highest BCUT2D eigenvalue weighted by molar-refractivity contribution is 5.08. The third-order valence-corrected chi connectivity index (χ3v) is 5.21. The largest absolute Gasteiger partial charge is 0.316 e. The van der Waals surface area contributed by atoms with E-state index in [4.69, 9.17) is 0 Å². The second-order valence-corrected chi connectivity index (χ2v) is 7.17. The first kappa shape index (κ1) is 17.8. The van der Waals surface area contributed by atoms with Gasteiger partial charge in [-0.05, 0) is 25.5 Å². The van der Waals surface area contributed by atoms with E-state index in [1.165, 1.54) is 12.0 Å². The van der Waals surface area contributed by atoms with Gasteiger partial charge in [0.1, 0.15) is 18.2 Å². The lowest BCUT2D eigenvalue weighted by Crippen LogP contribution is -2.35. The van der Waals surface area contributed by atoms with Crippen LogP contribution in [0.5, 0.6) is 0 Å². The molecule has 3 aromatic rings. The first-order valence-corrected chi connectivity index (χ1v) is 9.60. The van der Waals surface area contributed by atoms with Crippen LogP contribution in [0.3, 0.4) is 0 Å². The van der Waals surface area contributed by atoms with E-state index in [-0.39, 0.29) is 0 Å². The Hall–Kier alpha value is -2.61. The molecule has 4 rings (SSSR count). The van der Waals surface area contributed by atoms with Crippen molar-refractivity contribution >= 4 is 0 Å². The van der Waals surface area contributed by atoms with Gasteiger partial charge in [0.25, 0.3) is 0 Å². The summed E-state index contributed by atoms with van der Waals surface area (Å²) in [5.41, 5.74) is 1.17. The van der Waals surface area contributed by atoms with E-state index < -0.39 is 0 Å². The highest BCUT2D eigenvalue weighted by Crippen LogP contribution is 2.26. The second-order valence-electron chi connectivity index (χ2n) is 7.17.